The van der Waals surface area contributed by atoms with Crippen molar-refractivity contribution >= 4 is 0 Å². The predicted octanol–water partition coefficient (Wildman–Crippen LogP) is 2.81. The van der Waals surface area contributed by atoms with Crippen molar-refractivity contribution in [2.24, 2.45) is 5.41 Å². The molecule has 0 amide bonds. The van der Waals surface area contributed by atoms with Gasteiger partial charge in [-0.15, -0.1) is 0 Å². The first-order chi connectivity index (χ1) is 5.25. The first-order valence-electron chi connectivity index (χ1n) is 4.05. The first kappa shape index (κ1) is 11.2. The van der Waals surface area contributed by atoms with E-state index in [2.05, 4.69) is 27.4 Å². The van der Waals surface area contributed by atoms with Crippen LogP contribution in [0.15, 0.2) is 23.9 Å². The Balaban J connectivity index is 4.80. The van der Waals surface area contributed by atoms with Gasteiger partial charge in [-0.3, -0.25) is 10.3 Å². The average molecular weight is 169 g/mol. The molecule has 0 spiro atoms. The van der Waals surface area contributed by atoms with E-state index < -0.39 is 0 Å². The highest BCUT2D eigenvalue weighted by molar-refractivity contribution is 5.20. The van der Waals surface area contributed by atoms with Gasteiger partial charge >= 0.3 is 0 Å². The third-order valence-corrected chi connectivity index (χ3v) is 1.50. The van der Waals surface area contributed by atoms with Gasteiger partial charge in [-0.1, -0.05) is 32.9 Å². The fraction of sp³-hybridized carbons (Fsp3) is 0.600. The lowest BCUT2D eigenvalue weighted by Crippen LogP contribution is -2.24. The summed E-state index contributed by atoms with van der Waals surface area (Å²) in [5.74, 6) is 0. The average Bonchev–Trinajstić information content (AvgIpc) is 1.79. The van der Waals surface area contributed by atoms with Crippen molar-refractivity contribution in [3.8, 4) is 0 Å². The van der Waals surface area contributed by atoms with E-state index in [1.54, 1.807) is 7.05 Å². The van der Waals surface area contributed by atoms with Crippen molar-refractivity contribution in [2.45, 2.75) is 27.7 Å². The number of nitrogens with zero attached hydrogens (tertiary/aromatic N) is 1. The Morgan fingerprint density at radius 3 is 1.92 bits per heavy atom. The second kappa shape index (κ2) is 3.76. The molecular formula is C10H19NO. The van der Waals surface area contributed by atoms with Crippen LogP contribution in [-0.2, 0) is 0 Å². The molecule has 0 fully saturated rings. The molecule has 0 saturated carbocycles. The van der Waals surface area contributed by atoms with E-state index in [1.165, 1.54) is 0 Å². The largest absolute Gasteiger partial charge is 0.289 e. The van der Waals surface area contributed by atoms with Gasteiger partial charge < -0.3 is 0 Å². The van der Waals surface area contributed by atoms with E-state index in [9.17, 15) is 5.21 Å². The highest BCUT2D eigenvalue weighted by atomic mass is 16.5. The van der Waals surface area contributed by atoms with Crippen molar-refractivity contribution in [3.63, 3.8) is 0 Å². The quantitative estimate of drug-likeness (QED) is 0.507. The van der Waals surface area contributed by atoms with Crippen molar-refractivity contribution in [2.75, 3.05) is 7.05 Å². The molecule has 0 aliphatic heterocycles. The minimum Gasteiger partial charge on any atom is -0.289 e. The molecule has 2 heteroatoms. The van der Waals surface area contributed by atoms with Gasteiger partial charge in [0, 0.05) is 18.2 Å². The third kappa shape index (κ3) is 3.58. The second-order valence-electron chi connectivity index (χ2n) is 4.15. The molecule has 0 rings (SSSR count). The van der Waals surface area contributed by atoms with Crippen molar-refractivity contribution in [1.29, 1.82) is 0 Å². The van der Waals surface area contributed by atoms with Gasteiger partial charge in [0.2, 0.25) is 0 Å². The van der Waals surface area contributed by atoms with Gasteiger partial charge in [0.1, 0.15) is 0 Å². The first-order valence-corrected chi connectivity index (χ1v) is 4.05. The van der Waals surface area contributed by atoms with Gasteiger partial charge in [-0.2, -0.15) is 0 Å². The molecule has 0 bridgehead atoms. The summed E-state index contributed by atoms with van der Waals surface area (Å²) in [4.78, 5) is 0. The topological polar surface area (TPSA) is 23.5 Å². The maximum atomic E-state index is 9.32. The fourth-order valence-electron chi connectivity index (χ4n) is 1.03. The fourth-order valence-corrected chi connectivity index (χ4v) is 1.03. The van der Waals surface area contributed by atoms with Crippen LogP contribution in [0.5, 0.6) is 0 Å². The Hall–Kier alpha value is -0.760. The maximum Gasteiger partial charge on any atom is 0.0460 e. The van der Waals surface area contributed by atoms with Crippen LogP contribution in [0.4, 0.5) is 0 Å². The highest BCUT2D eigenvalue weighted by Crippen LogP contribution is 2.27. The monoisotopic (exact) mass is 169 g/mol. The Labute approximate surface area is 75.2 Å². The molecule has 0 radical (unpaired) electrons. The summed E-state index contributed by atoms with van der Waals surface area (Å²) in [6, 6.07) is 0. The van der Waals surface area contributed by atoms with Gasteiger partial charge in [0.15, 0.2) is 0 Å². The number of hydroxylamine groups is 2. The van der Waals surface area contributed by atoms with Crippen LogP contribution in [0.3, 0.4) is 0 Å². The lowest BCUT2D eigenvalue weighted by molar-refractivity contribution is -0.0456. The maximum absolute atomic E-state index is 9.32. The Morgan fingerprint density at radius 2 is 1.83 bits per heavy atom. The molecular weight excluding hydrogens is 150 g/mol. The summed E-state index contributed by atoms with van der Waals surface area (Å²) in [6.45, 7) is 11.8. The van der Waals surface area contributed by atoms with E-state index >= 15 is 0 Å². The zero-order chi connectivity index (χ0) is 9.94. The normalized spacial score (nSPS) is 13.0. The molecule has 0 aromatic carbocycles. The molecule has 0 atom stereocenters. The molecule has 2 nitrogen and oxygen atoms in total. The van der Waals surface area contributed by atoms with E-state index in [0.717, 1.165) is 16.3 Å². The standard InChI is InChI=1S/C10H19NO/c1-8(2)7-9(11(6)12)10(3,4)5/h7,12H,1H2,2-6H3/b9-7-. The molecule has 1 N–H and O–H groups in total. The molecule has 0 aliphatic rings. The van der Waals surface area contributed by atoms with Gasteiger partial charge in [0.25, 0.3) is 0 Å². The summed E-state index contributed by atoms with van der Waals surface area (Å²) in [5.41, 5.74) is 1.76. The lowest BCUT2D eigenvalue weighted by atomic mass is 9.90. The molecule has 70 valence electrons. The second-order valence-corrected chi connectivity index (χ2v) is 4.15. The van der Waals surface area contributed by atoms with Crippen LogP contribution < -0.4 is 0 Å². The van der Waals surface area contributed by atoms with Gasteiger partial charge in [-0.25, -0.2) is 0 Å². The van der Waals surface area contributed by atoms with Crippen LogP contribution in [0, 0.1) is 5.41 Å². The lowest BCUT2D eigenvalue weighted by Gasteiger charge is -2.27. The van der Waals surface area contributed by atoms with Gasteiger partial charge in [0.05, 0.1) is 0 Å². The van der Waals surface area contributed by atoms with Crippen molar-refractivity contribution in [3.05, 3.63) is 23.9 Å². The van der Waals surface area contributed by atoms with Crippen LogP contribution in [0.2, 0.25) is 0 Å². The Bertz CT molecular complexity index is 196. The van der Waals surface area contributed by atoms with E-state index in [-0.39, 0.29) is 5.41 Å². The minimum atomic E-state index is -0.0531. The number of allylic oxidation sites excluding steroid dienone is 3. The number of rotatable bonds is 2. The summed E-state index contributed by atoms with van der Waals surface area (Å²) in [7, 11) is 1.63. The van der Waals surface area contributed by atoms with E-state index in [4.69, 9.17) is 0 Å². The molecule has 0 aromatic heterocycles. The molecule has 0 aliphatic carbocycles. The van der Waals surface area contributed by atoms with Crippen molar-refractivity contribution in [1.82, 2.24) is 5.06 Å². The number of hydrogen-bond donors (Lipinski definition) is 1. The highest BCUT2D eigenvalue weighted by Gasteiger charge is 2.19. The Kier molecular flexibility index (Phi) is 3.53. The van der Waals surface area contributed by atoms with E-state index in [0.29, 0.717) is 0 Å². The Morgan fingerprint density at radius 1 is 1.42 bits per heavy atom. The smallest absolute Gasteiger partial charge is 0.0460 e. The van der Waals surface area contributed by atoms with Gasteiger partial charge in [-0.05, 0) is 13.0 Å². The van der Waals surface area contributed by atoms with Crippen LogP contribution >= 0.6 is 0 Å². The van der Waals surface area contributed by atoms with Crippen LogP contribution in [0.25, 0.3) is 0 Å². The zero-order valence-electron chi connectivity index (χ0n) is 8.68. The number of hydrogen-bond acceptors (Lipinski definition) is 2. The summed E-state index contributed by atoms with van der Waals surface area (Å²) < 4.78 is 0. The van der Waals surface area contributed by atoms with Crippen LogP contribution in [0.1, 0.15) is 27.7 Å². The van der Waals surface area contributed by atoms with E-state index in [1.807, 2.05) is 13.0 Å². The molecule has 0 unspecified atom stereocenters. The zero-order valence-corrected chi connectivity index (χ0v) is 8.68. The van der Waals surface area contributed by atoms with Crippen molar-refractivity contribution < 1.29 is 5.21 Å². The predicted molar refractivity (Wildman–Crippen MR) is 51.9 cm³/mol. The molecule has 0 heterocycles. The summed E-state index contributed by atoms with van der Waals surface area (Å²) in [5, 5.41) is 10.5. The molecule has 0 aromatic rings. The third-order valence-electron chi connectivity index (χ3n) is 1.50. The summed E-state index contributed by atoms with van der Waals surface area (Å²) >= 11 is 0. The minimum absolute atomic E-state index is 0.0531. The SMILES string of the molecule is C=C(C)/C=C(\N(C)O)C(C)(C)C. The summed E-state index contributed by atoms with van der Waals surface area (Å²) in [6.07, 6.45) is 1.89. The van der Waals surface area contributed by atoms with Crippen LogP contribution in [-0.4, -0.2) is 17.3 Å². The molecule has 0 saturated heterocycles. The molecule has 12 heavy (non-hydrogen) atoms.